The van der Waals surface area contributed by atoms with Crippen molar-refractivity contribution in [3.8, 4) is 0 Å². The number of aromatic nitrogens is 1. The number of hydrogen-bond donors (Lipinski definition) is 1. The third kappa shape index (κ3) is 5.34. The van der Waals surface area contributed by atoms with E-state index in [4.69, 9.17) is 0 Å². The van der Waals surface area contributed by atoms with Gasteiger partial charge < -0.3 is 4.98 Å². The summed E-state index contributed by atoms with van der Waals surface area (Å²) in [5, 5.41) is 0. The van der Waals surface area contributed by atoms with Gasteiger partial charge in [-0.3, -0.25) is 4.79 Å². The molecular formula is C35H33NO. The van der Waals surface area contributed by atoms with E-state index in [1.807, 2.05) is 6.20 Å². The van der Waals surface area contributed by atoms with Gasteiger partial charge in [0.15, 0.2) is 0 Å². The molecule has 1 aromatic heterocycles. The highest BCUT2D eigenvalue weighted by molar-refractivity contribution is 5.48. The molecule has 5 rings (SSSR count). The minimum atomic E-state index is -0.165. The van der Waals surface area contributed by atoms with Crippen LogP contribution in [-0.2, 0) is 0 Å². The summed E-state index contributed by atoms with van der Waals surface area (Å²) in [5.74, 6) is -0.157. The third-order valence-corrected chi connectivity index (χ3v) is 7.24. The first-order valence-corrected chi connectivity index (χ1v) is 12.9. The van der Waals surface area contributed by atoms with E-state index in [9.17, 15) is 4.79 Å². The van der Waals surface area contributed by atoms with Crippen LogP contribution < -0.4 is 5.56 Å². The Morgan fingerprint density at radius 1 is 0.459 bits per heavy atom. The lowest BCUT2D eigenvalue weighted by Crippen LogP contribution is -2.19. The van der Waals surface area contributed by atoms with Crippen molar-refractivity contribution >= 4 is 0 Å². The van der Waals surface area contributed by atoms with Gasteiger partial charge >= 0.3 is 0 Å². The molecule has 0 spiro atoms. The van der Waals surface area contributed by atoms with Crippen LogP contribution in [0.25, 0.3) is 0 Å². The number of H-pyrrole nitrogens is 1. The monoisotopic (exact) mass is 483 g/mol. The van der Waals surface area contributed by atoms with Gasteiger partial charge in [0.05, 0.1) is 0 Å². The fourth-order valence-corrected chi connectivity index (χ4v) is 5.06. The lowest BCUT2D eigenvalue weighted by Gasteiger charge is -2.23. The highest BCUT2D eigenvalue weighted by atomic mass is 16.1. The molecule has 37 heavy (non-hydrogen) atoms. The van der Waals surface area contributed by atoms with Gasteiger partial charge in [-0.05, 0) is 61.6 Å². The standard InChI is InChI=1S/C35H33NO/c1-23-5-13-27(14-6-23)33(28-15-7-24(2)8-16-28)31-21-32(35(37)36-22-31)34(29-17-9-25(3)10-18-29)30-19-11-26(4)12-20-30/h5-22,33-34H,1-4H3,(H,36,37). The molecular weight excluding hydrogens is 450 g/mol. The van der Waals surface area contributed by atoms with E-state index < -0.39 is 0 Å². The molecule has 0 saturated carbocycles. The van der Waals surface area contributed by atoms with E-state index in [-0.39, 0.29) is 17.4 Å². The van der Waals surface area contributed by atoms with E-state index >= 15 is 0 Å². The summed E-state index contributed by atoms with van der Waals surface area (Å²) >= 11 is 0. The van der Waals surface area contributed by atoms with E-state index in [2.05, 4.69) is 136 Å². The quantitative estimate of drug-likeness (QED) is 0.261. The molecule has 1 heterocycles. The second-order valence-corrected chi connectivity index (χ2v) is 10.2. The molecule has 0 bridgehead atoms. The predicted octanol–water partition coefficient (Wildman–Crippen LogP) is 7.97. The molecule has 0 aliphatic carbocycles. The maximum Gasteiger partial charge on any atom is 0.252 e. The zero-order valence-electron chi connectivity index (χ0n) is 22.0. The van der Waals surface area contributed by atoms with E-state index in [0.29, 0.717) is 0 Å². The van der Waals surface area contributed by atoms with Crippen LogP contribution in [0.3, 0.4) is 0 Å². The van der Waals surface area contributed by atoms with Gasteiger partial charge in [0.1, 0.15) is 0 Å². The second-order valence-electron chi connectivity index (χ2n) is 10.2. The van der Waals surface area contributed by atoms with Crippen molar-refractivity contribution in [3.63, 3.8) is 0 Å². The lowest BCUT2D eigenvalue weighted by atomic mass is 9.81. The van der Waals surface area contributed by atoms with Crippen molar-refractivity contribution in [3.05, 3.63) is 175 Å². The van der Waals surface area contributed by atoms with Crippen molar-refractivity contribution < 1.29 is 0 Å². The zero-order chi connectivity index (χ0) is 25.9. The maximum absolute atomic E-state index is 13.4. The summed E-state index contributed by atoms with van der Waals surface area (Å²) in [5.41, 5.74) is 11.3. The summed E-state index contributed by atoms with van der Waals surface area (Å²) in [6.45, 7) is 8.39. The Hall–Kier alpha value is -4.17. The van der Waals surface area contributed by atoms with Crippen LogP contribution in [0.5, 0.6) is 0 Å². The highest BCUT2D eigenvalue weighted by Crippen LogP contribution is 2.36. The number of nitrogens with one attached hydrogen (secondary N) is 1. The highest BCUT2D eigenvalue weighted by Gasteiger charge is 2.24. The Morgan fingerprint density at radius 2 is 0.784 bits per heavy atom. The summed E-state index contributed by atoms with van der Waals surface area (Å²) in [6, 6.07) is 36.6. The molecule has 5 aromatic rings. The van der Waals surface area contributed by atoms with Gasteiger partial charge in [-0.15, -0.1) is 0 Å². The molecule has 0 saturated heterocycles. The number of aryl methyl sites for hydroxylation is 4. The van der Waals surface area contributed by atoms with Gasteiger partial charge in [0.2, 0.25) is 0 Å². The van der Waals surface area contributed by atoms with Crippen LogP contribution in [0.4, 0.5) is 0 Å². The minimum Gasteiger partial charge on any atom is -0.329 e. The molecule has 0 atom stereocenters. The predicted molar refractivity (Wildman–Crippen MR) is 154 cm³/mol. The molecule has 0 radical (unpaired) electrons. The summed E-state index contributed by atoms with van der Waals surface area (Å²) in [6.07, 6.45) is 1.89. The van der Waals surface area contributed by atoms with Crippen LogP contribution in [0.2, 0.25) is 0 Å². The normalized spacial score (nSPS) is 11.3. The molecule has 2 heteroatoms. The first-order chi connectivity index (χ1) is 17.9. The Bertz CT molecular complexity index is 1450. The van der Waals surface area contributed by atoms with Gasteiger partial charge in [-0.1, -0.05) is 119 Å². The summed E-state index contributed by atoms with van der Waals surface area (Å²) in [7, 11) is 0. The average molecular weight is 484 g/mol. The Kier molecular flexibility index (Phi) is 6.92. The summed E-state index contributed by atoms with van der Waals surface area (Å²) in [4.78, 5) is 16.5. The summed E-state index contributed by atoms with van der Waals surface area (Å²) < 4.78 is 0. The Morgan fingerprint density at radius 3 is 1.14 bits per heavy atom. The molecule has 0 amide bonds. The number of benzene rings is 4. The van der Waals surface area contributed by atoms with Crippen LogP contribution in [0, 0.1) is 27.7 Å². The average Bonchev–Trinajstić information content (AvgIpc) is 2.90. The SMILES string of the molecule is Cc1ccc(C(c2ccc(C)cc2)c2c[nH]c(=O)c(C(c3ccc(C)cc3)c3ccc(C)cc3)c2)cc1. The van der Waals surface area contributed by atoms with E-state index in [1.165, 1.54) is 33.4 Å². The molecule has 2 nitrogen and oxygen atoms in total. The zero-order valence-corrected chi connectivity index (χ0v) is 22.0. The first-order valence-electron chi connectivity index (χ1n) is 12.9. The van der Waals surface area contributed by atoms with Crippen LogP contribution in [0.1, 0.15) is 67.5 Å². The molecule has 0 fully saturated rings. The third-order valence-electron chi connectivity index (χ3n) is 7.24. The molecule has 0 aliphatic rings. The molecule has 0 aliphatic heterocycles. The van der Waals surface area contributed by atoms with Gasteiger partial charge in [-0.2, -0.15) is 0 Å². The first kappa shape index (κ1) is 24.5. The molecule has 0 unspecified atom stereocenters. The molecule has 184 valence electrons. The molecule has 1 N–H and O–H groups in total. The topological polar surface area (TPSA) is 32.9 Å². The fraction of sp³-hybridized carbons (Fsp3) is 0.171. The van der Waals surface area contributed by atoms with Crippen LogP contribution in [0.15, 0.2) is 114 Å². The van der Waals surface area contributed by atoms with E-state index in [0.717, 1.165) is 22.3 Å². The Balaban J connectivity index is 1.70. The van der Waals surface area contributed by atoms with Crippen molar-refractivity contribution in [2.45, 2.75) is 39.5 Å². The number of hydrogen-bond acceptors (Lipinski definition) is 1. The van der Waals surface area contributed by atoms with E-state index in [1.54, 1.807) is 0 Å². The van der Waals surface area contributed by atoms with Crippen molar-refractivity contribution in [2.75, 3.05) is 0 Å². The van der Waals surface area contributed by atoms with Gasteiger partial charge in [0.25, 0.3) is 5.56 Å². The molecule has 4 aromatic carbocycles. The second kappa shape index (κ2) is 10.4. The van der Waals surface area contributed by atoms with Gasteiger partial charge in [0, 0.05) is 23.6 Å². The van der Waals surface area contributed by atoms with Crippen molar-refractivity contribution in [2.24, 2.45) is 0 Å². The van der Waals surface area contributed by atoms with Crippen LogP contribution >= 0.6 is 0 Å². The maximum atomic E-state index is 13.4. The largest absolute Gasteiger partial charge is 0.329 e. The smallest absolute Gasteiger partial charge is 0.252 e. The minimum absolute atomic E-state index is 0.00786. The van der Waals surface area contributed by atoms with Crippen molar-refractivity contribution in [1.29, 1.82) is 0 Å². The lowest BCUT2D eigenvalue weighted by molar-refractivity contribution is 0.900. The fourth-order valence-electron chi connectivity index (χ4n) is 5.06. The Labute approximate surface area is 219 Å². The number of aromatic amines is 1. The number of pyridine rings is 1. The number of rotatable bonds is 6. The van der Waals surface area contributed by atoms with Crippen molar-refractivity contribution in [1.82, 2.24) is 4.98 Å². The van der Waals surface area contributed by atoms with Gasteiger partial charge in [-0.25, -0.2) is 0 Å². The van der Waals surface area contributed by atoms with Crippen LogP contribution in [-0.4, -0.2) is 4.98 Å².